The van der Waals surface area contributed by atoms with Crippen molar-refractivity contribution in [1.82, 2.24) is 5.32 Å². The summed E-state index contributed by atoms with van der Waals surface area (Å²) in [5.41, 5.74) is 2.17. The Bertz CT molecular complexity index is 878. The fourth-order valence-corrected chi connectivity index (χ4v) is 2.30. The Morgan fingerprint density at radius 3 is 2.12 bits per heavy atom. The van der Waals surface area contributed by atoms with Crippen molar-refractivity contribution in [3.8, 4) is 0 Å². The number of carbonyl (C=O) groups is 1. The summed E-state index contributed by atoms with van der Waals surface area (Å²) in [5.74, 6) is -0.298. The van der Waals surface area contributed by atoms with Crippen LogP contribution < -0.4 is 10.6 Å². The van der Waals surface area contributed by atoms with Gasteiger partial charge < -0.3 is 5.32 Å². The molecular weight excluding hydrogens is 329 g/mol. The molecule has 3 rings (SSSR count). The van der Waals surface area contributed by atoms with Gasteiger partial charge in [-0.2, -0.15) is 0 Å². The van der Waals surface area contributed by atoms with E-state index in [0.717, 1.165) is 5.56 Å². The second-order valence-electron chi connectivity index (χ2n) is 5.60. The van der Waals surface area contributed by atoms with Crippen LogP contribution in [0.1, 0.15) is 15.9 Å². The van der Waals surface area contributed by atoms with E-state index in [-0.39, 0.29) is 11.7 Å². The van der Waals surface area contributed by atoms with E-state index >= 15 is 0 Å². The fourth-order valence-electron chi connectivity index (χ4n) is 2.30. The molecule has 26 heavy (non-hydrogen) atoms. The molecule has 0 saturated carbocycles. The maximum Gasteiger partial charge on any atom is 0.257 e. The highest BCUT2D eigenvalue weighted by Crippen LogP contribution is 2.09. The van der Waals surface area contributed by atoms with Gasteiger partial charge in [-0.25, -0.2) is 9.38 Å². The molecule has 5 heteroatoms. The number of nitrogens with zero attached hydrogens (tertiary/aromatic N) is 1. The molecule has 0 fully saturated rings. The van der Waals surface area contributed by atoms with Crippen LogP contribution in [0.15, 0.2) is 89.9 Å². The molecule has 0 aliphatic carbocycles. The van der Waals surface area contributed by atoms with Gasteiger partial charge >= 0.3 is 0 Å². The van der Waals surface area contributed by atoms with E-state index in [1.165, 1.54) is 12.1 Å². The Morgan fingerprint density at radius 2 is 1.46 bits per heavy atom. The van der Waals surface area contributed by atoms with E-state index in [0.29, 0.717) is 23.8 Å². The van der Waals surface area contributed by atoms with Crippen molar-refractivity contribution in [2.24, 2.45) is 4.99 Å². The molecule has 1 amide bonds. The average Bonchev–Trinajstić information content (AvgIpc) is 2.69. The summed E-state index contributed by atoms with van der Waals surface area (Å²) < 4.78 is 13.1. The molecule has 2 N–H and O–H groups in total. The number of hydrogen-bond acceptors (Lipinski definition) is 2. The van der Waals surface area contributed by atoms with Crippen molar-refractivity contribution in [2.45, 2.75) is 6.54 Å². The van der Waals surface area contributed by atoms with E-state index in [1.807, 2.05) is 36.4 Å². The van der Waals surface area contributed by atoms with Crippen LogP contribution in [-0.2, 0) is 6.54 Å². The predicted molar refractivity (Wildman–Crippen MR) is 102 cm³/mol. The number of amides is 1. The van der Waals surface area contributed by atoms with Gasteiger partial charge in [0.2, 0.25) is 5.96 Å². The molecule has 0 aromatic heterocycles. The van der Waals surface area contributed by atoms with Gasteiger partial charge in [0.05, 0.1) is 6.54 Å². The van der Waals surface area contributed by atoms with Crippen LogP contribution in [0.5, 0.6) is 0 Å². The predicted octanol–water partition coefficient (Wildman–Crippen LogP) is 4.22. The minimum atomic E-state index is -0.327. The summed E-state index contributed by atoms with van der Waals surface area (Å²) in [6.45, 7) is 0.402. The van der Waals surface area contributed by atoms with Crippen molar-refractivity contribution in [2.75, 3.05) is 5.32 Å². The molecule has 0 aliphatic heterocycles. The standard InChI is InChI=1S/C21H18FN3O/c22-18-11-13-19(14-12-18)24-21(23-15-16-7-3-1-4-8-16)25-20(26)17-9-5-2-6-10-17/h1-14H,15H2,(H2,23,24,25,26). The van der Waals surface area contributed by atoms with Gasteiger partial charge in [0.25, 0.3) is 5.91 Å². The first-order chi connectivity index (χ1) is 12.7. The first kappa shape index (κ1) is 17.4. The van der Waals surface area contributed by atoms with Gasteiger partial charge in [-0.1, -0.05) is 48.5 Å². The van der Waals surface area contributed by atoms with Gasteiger partial charge in [0.1, 0.15) is 5.82 Å². The van der Waals surface area contributed by atoms with E-state index in [2.05, 4.69) is 15.6 Å². The summed E-state index contributed by atoms with van der Waals surface area (Å²) in [6.07, 6.45) is 0. The highest BCUT2D eigenvalue weighted by molar-refractivity contribution is 6.09. The van der Waals surface area contributed by atoms with Crippen molar-refractivity contribution < 1.29 is 9.18 Å². The van der Waals surface area contributed by atoms with Crippen LogP contribution in [0.25, 0.3) is 0 Å². The third kappa shape index (κ3) is 5.01. The molecule has 0 aliphatic rings. The van der Waals surface area contributed by atoms with Gasteiger partial charge in [0.15, 0.2) is 0 Å². The number of aliphatic imine (C=N–C) groups is 1. The van der Waals surface area contributed by atoms with Crippen LogP contribution in [0, 0.1) is 5.82 Å². The smallest absolute Gasteiger partial charge is 0.257 e. The first-order valence-corrected chi connectivity index (χ1v) is 8.18. The topological polar surface area (TPSA) is 53.5 Å². The quantitative estimate of drug-likeness (QED) is 0.548. The number of guanidine groups is 1. The number of carbonyl (C=O) groups excluding carboxylic acids is 1. The number of benzene rings is 3. The Labute approximate surface area is 151 Å². The molecule has 0 atom stereocenters. The van der Waals surface area contributed by atoms with Crippen LogP contribution in [0.4, 0.5) is 10.1 Å². The largest absolute Gasteiger partial charge is 0.326 e. The van der Waals surface area contributed by atoms with Gasteiger partial charge in [0, 0.05) is 11.3 Å². The van der Waals surface area contributed by atoms with E-state index in [9.17, 15) is 9.18 Å². The minimum Gasteiger partial charge on any atom is -0.326 e. The van der Waals surface area contributed by atoms with Crippen LogP contribution >= 0.6 is 0 Å². The fraction of sp³-hybridized carbons (Fsp3) is 0.0476. The zero-order chi connectivity index (χ0) is 18.2. The lowest BCUT2D eigenvalue weighted by atomic mass is 10.2. The lowest BCUT2D eigenvalue weighted by Gasteiger charge is -2.12. The van der Waals surface area contributed by atoms with Crippen molar-refractivity contribution in [1.29, 1.82) is 0 Å². The number of anilines is 1. The van der Waals surface area contributed by atoms with E-state index < -0.39 is 0 Å². The summed E-state index contributed by atoms with van der Waals surface area (Å²) in [4.78, 5) is 16.9. The Morgan fingerprint density at radius 1 is 0.846 bits per heavy atom. The lowest BCUT2D eigenvalue weighted by molar-refractivity contribution is 0.0977. The van der Waals surface area contributed by atoms with E-state index in [4.69, 9.17) is 0 Å². The second-order valence-corrected chi connectivity index (χ2v) is 5.60. The summed E-state index contributed by atoms with van der Waals surface area (Å²) in [6, 6.07) is 24.4. The number of nitrogens with one attached hydrogen (secondary N) is 2. The molecule has 130 valence electrons. The Balaban J connectivity index is 1.78. The van der Waals surface area contributed by atoms with Gasteiger partial charge in [-0.05, 0) is 42.0 Å². The minimum absolute atomic E-state index is 0.271. The molecule has 0 heterocycles. The summed E-state index contributed by atoms with van der Waals surface area (Å²) in [7, 11) is 0. The molecule has 0 unspecified atom stereocenters. The molecule has 3 aromatic carbocycles. The monoisotopic (exact) mass is 347 g/mol. The lowest BCUT2D eigenvalue weighted by Crippen LogP contribution is -2.36. The van der Waals surface area contributed by atoms with Crippen LogP contribution in [0.3, 0.4) is 0 Å². The molecule has 3 aromatic rings. The van der Waals surface area contributed by atoms with Crippen LogP contribution in [0.2, 0.25) is 0 Å². The number of rotatable bonds is 4. The van der Waals surface area contributed by atoms with Crippen molar-refractivity contribution >= 4 is 17.6 Å². The van der Waals surface area contributed by atoms with E-state index in [1.54, 1.807) is 36.4 Å². The third-order valence-corrected chi connectivity index (χ3v) is 3.64. The first-order valence-electron chi connectivity index (χ1n) is 8.18. The summed E-state index contributed by atoms with van der Waals surface area (Å²) >= 11 is 0. The molecule has 0 bridgehead atoms. The molecule has 0 radical (unpaired) electrons. The zero-order valence-electron chi connectivity index (χ0n) is 14.0. The Kier molecular flexibility index (Phi) is 5.72. The van der Waals surface area contributed by atoms with Crippen molar-refractivity contribution in [3.05, 3.63) is 102 Å². The highest BCUT2D eigenvalue weighted by Gasteiger charge is 2.09. The Hall–Kier alpha value is -3.47. The maximum atomic E-state index is 13.1. The molecule has 0 saturated heterocycles. The van der Waals surface area contributed by atoms with Gasteiger partial charge in [-0.3, -0.25) is 10.1 Å². The third-order valence-electron chi connectivity index (χ3n) is 3.64. The highest BCUT2D eigenvalue weighted by atomic mass is 19.1. The molecule has 0 spiro atoms. The molecular formula is C21H18FN3O. The number of hydrogen-bond donors (Lipinski definition) is 2. The second kappa shape index (κ2) is 8.58. The zero-order valence-corrected chi connectivity index (χ0v) is 14.0. The number of halogens is 1. The average molecular weight is 347 g/mol. The molecule has 4 nitrogen and oxygen atoms in total. The SMILES string of the molecule is O=C(NC(=NCc1ccccc1)Nc1ccc(F)cc1)c1ccccc1. The van der Waals surface area contributed by atoms with Gasteiger partial charge in [-0.15, -0.1) is 0 Å². The van der Waals surface area contributed by atoms with Crippen LogP contribution in [-0.4, -0.2) is 11.9 Å². The van der Waals surface area contributed by atoms with Crippen molar-refractivity contribution in [3.63, 3.8) is 0 Å². The maximum absolute atomic E-state index is 13.1. The normalized spacial score (nSPS) is 11.0. The summed E-state index contributed by atoms with van der Waals surface area (Å²) in [5, 5.41) is 5.80.